The van der Waals surface area contributed by atoms with Gasteiger partial charge in [-0.15, -0.1) is 5.92 Å². The second kappa shape index (κ2) is 6.40. The number of ether oxygens (including phenoxy) is 1. The summed E-state index contributed by atoms with van der Waals surface area (Å²) in [6.07, 6.45) is 0. The molecule has 0 radical (unpaired) electrons. The monoisotopic (exact) mass is 352 g/mol. The summed E-state index contributed by atoms with van der Waals surface area (Å²) in [5.41, 5.74) is 0.992. The molecule has 1 aromatic carbocycles. The highest BCUT2D eigenvalue weighted by Crippen LogP contribution is 2.38. The van der Waals surface area contributed by atoms with Crippen LogP contribution < -0.4 is 0 Å². The third kappa shape index (κ3) is 2.78. The van der Waals surface area contributed by atoms with Crippen molar-refractivity contribution >= 4 is 35.0 Å². The van der Waals surface area contributed by atoms with E-state index in [-0.39, 0.29) is 21.9 Å². The predicted molar refractivity (Wildman–Crippen MR) is 86.0 cm³/mol. The van der Waals surface area contributed by atoms with E-state index in [0.717, 1.165) is 0 Å². The number of halogens is 2. The van der Waals surface area contributed by atoms with Crippen LogP contribution in [0.1, 0.15) is 24.0 Å². The van der Waals surface area contributed by atoms with Gasteiger partial charge >= 0.3 is 0 Å². The molecule has 2 aliphatic rings. The van der Waals surface area contributed by atoms with Gasteiger partial charge in [-0.1, -0.05) is 29.1 Å². The Bertz CT molecular complexity index is 692. The first kappa shape index (κ1) is 16.1. The van der Waals surface area contributed by atoms with Crippen molar-refractivity contribution in [3.8, 4) is 11.8 Å². The smallest absolute Gasteiger partial charge is 0.258 e. The van der Waals surface area contributed by atoms with Crippen LogP contribution in [-0.2, 0) is 14.3 Å². The van der Waals surface area contributed by atoms with Crippen LogP contribution in [0.4, 0.5) is 0 Å². The Morgan fingerprint density at radius 3 is 2.09 bits per heavy atom. The fourth-order valence-corrected chi connectivity index (χ4v) is 3.54. The van der Waals surface area contributed by atoms with Gasteiger partial charge in [-0.3, -0.25) is 9.59 Å². The lowest BCUT2D eigenvalue weighted by Gasteiger charge is -2.23. The minimum Gasteiger partial charge on any atom is -0.378 e. The summed E-state index contributed by atoms with van der Waals surface area (Å²) in [6, 6.07) is 3.25. The fraction of sp³-hybridized carbons (Fsp3) is 0.375. The number of carbonyl (C=O) groups is 2. The second-order valence-electron chi connectivity index (χ2n) is 5.20. The summed E-state index contributed by atoms with van der Waals surface area (Å²) in [4.78, 5) is 25.4. The molecule has 0 bridgehead atoms. The van der Waals surface area contributed by atoms with Gasteiger partial charge in [0.05, 0.1) is 26.3 Å². The first-order valence-corrected chi connectivity index (χ1v) is 7.92. The molecule has 3 rings (SSSR count). The van der Waals surface area contributed by atoms with E-state index >= 15 is 0 Å². The van der Waals surface area contributed by atoms with E-state index in [4.69, 9.17) is 27.9 Å². The molecule has 2 heterocycles. The van der Waals surface area contributed by atoms with E-state index in [1.54, 1.807) is 19.1 Å². The topological polar surface area (TPSA) is 49.9 Å². The number of hydrogen-bond donors (Lipinski definition) is 0. The zero-order valence-electron chi connectivity index (χ0n) is 12.4. The maximum Gasteiger partial charge on any atom is 0.258 e. The summed E-state index contributed by atoms with van der Waals surface area (Å²) in [7, 11) is 0. The summed E-state index contributed by atoms with van der Waals surface area (Å²) in [5, 5.41) is 3.40. The minimum absolute atomic E-state index is 0.275. The first-order chi connectivity index (χ1) is 11.0. The Hall–Kier alpha value is -1.74. The maximum atomic E-state index is 12.7. The Balaban J connectivity index is 2.03. The first-order valence-electron chi connectivity index (χ1n) is 7.16. The number of nitrogens with zero attached hydrogens (tertiary/aromatic N) is 2. The predicted octanol–water partition coefficient (Wildman–Crippen LogP) is 2.06. The Labute approximate surface area is 144 Å². The molecular formula is C16H14Cl2N2O3. The largest absolute Gasteiger partial charge is 0.378 e. The van der Waals surface area contributed by atoms with Crippen molar-refractivity contribution in [2.75, 3.05) is 26.3 Å². The van der Waals surface area contributed by atoms with Crippen molar-refractivity contribution in [2.24, 2.45) is 0 Å². The number of rotatable bonds is 1. The minimum atomic E-state index is -1.00. The molecule has 0 aromatic heterocycles. The molecule has 2 saturated heterocycles. The molecule has 0 atom stereocenters. The van der Waals surface area contributed by atoms with E-state index in [9.17, 15) is 9.59 Å². The molecule has 2 aliphatic heterocycles. The zero-order valence-corrected chi connectivity index (χ0v) is 13.9. The van der Waals surface area contributed by atoms with Crippen molar-refractivity contribution < 1.29 is 14.3 Å². The van der Waals surface area contributed by atoms with Crippen molar-refractivity contribution in [3.05, 3.63) is 33.3 Å². The molecule has 7 heteroatoms. The highest BCUT2D eigenvalue weighted by atomic mass is 35.5. The van der Waals surface area contributed by atoms with E-state index in [1.807, 2.05) is 0 Å². The highest BCUT2D eigenvalue weighted by molar-refractivity contribution is 6.37. The normalized spacial score (nSPS) is 18.6. The number of amides is 2. The van der Waals surface area contributed by atoms with Crippen LogP contribution in [0, 0.1) is 11.8 Å². The zero-order chi connectivity index (χ0) is 16.6. The molecule has 0 saturated carbocycles. The van der Waals surface area contributed by atoms with Gasteiger partial charge in [0, 0.05) is 21.2 Å². The Morgan fingerprint density at radius 2 is 1.61 bits per heavy atom. The van der Waals surface area contributed by atoms with Gasteiger partial charge in [-0.2, -0.15) is 0 Å². The van der Waals surface area contributed by atoms with Crippen LogP contribution in [0.3, 0.4) is 0 Å². The van der Waals surface area contributed by atoms with Crippen molar-refractivity contribution in [1.29, 1.82) is 0 Å². The third-order valence-corrected chi connectivity index (χ3v) is 4.45. The molecule has 0 aliphatic carbocycles. The second-order valence-corrected chi connectivity index (χ2v) is 6.01. The molecule has 120 valence electrons. The number of fused-ring (bicyclic) bond motifs is 1. The number of carbonyl (C=O) groups excluding carboxylic acids is 2. The number of hydrogen-bond acceptors (Lipinski definition) is 3. The molecule has 23 heavy (non-hydrogen) atoms. The maximum absolute atomic E-state index is 12.7. The van der Waals surface area contributed by atoms with Gasteiger partial charge in [0.2, 0.25) is 0 Å². The fourth-order valence-electron chi connectivity index (χ4n) is 2.83. The molecule has 2 amide bonds. The van der Waals surface area contributed by atoms with Gasteiger partial charge < -0.3 is 4.74 Å². The summed E-state index contributed by atoms with van der Waals surface area (Å²) >= 11 is 12.6. The van der Waals surface area contributed by atoms with Crippen molar-refractivity contribution in [2.45, 2.75) is 12.8 Å². The molecule has 2 fully saturated rings. The quantitative estimate of drug-likeness (QED) is 0.574. The van der Waals surface area contributed by atoms with Gasteiger partial charge in [-0.25, -0.2) is 10.0 Å². The average Bonchev–Trinajstić information content (AvgIpc) is 2.70. The van der Waals surface area contributed by atoms with Crippen molar-refractivity contribution in [3.63, 3.8) is 0 Å². The molecular weight excluding hydrogens is 339 g/mol. The van der Waals surface area contributed by atoms with Gasteiger partial charge in [0.15, 0.2) is 0 Å². The van der Waals surface area contributed by atoms with Crippen LogP contribution in [-0.4, -0.2) is 48.1 Å². The van der Waals surface area contributed by atoms with Crippen molar-refractivity contribution in [1.82, 2.24) is 10.0 Å². The van der Waals surface area contributed by atoms with E-state index in [0.29, 0.717) is 37.4 Å². The van der Waals surface area contributed by atoms with Crippen LogP contribution in [0.15, 0.2) is 12.1 Å². The van der Waals surface area contributed by atoms with E-state index in [2.05, 4.69) is 11.8 Å². The highest BCUT2D eigenvalue weighted by Gasteiger charge is 2.48. The van der Waals surface area contributed by atoms with E-state index in [1.165, 1.54) is 10.0 Å². The van der Waals surface area contributed by atoms with Gasteiger partial charge in [0.1, 0.15) is 5.92 Å². The lowest BCUT2D eigenvalue weighted by atomic mass is 9.96. The van der Waals surface area contributed by atoms with Gasteiger partial charge in [-0.05, 0) is 19.1 Å². The van der Waals surface area contributed by atoms with Crippen LogP contribution in [0.25, 0.3) is 0 Å². The van der Waals surface area contributed by atoms with Crippen LogP contribution in [0.5, 0.6) is 0 Å². The molecule has 5 nitrogen and oxygen atoms in total. The standard InChI is InChI=1S/C16H14Cl2N2O3/c1-2-3-10-8-11(17)13(12(18)9-10)14-15(21)19-4-6-23-7-5-20(19)16(14)22/h8-9,14H,4-7H2,1H3. The molecule has 1 aromatic rings. The summed E-state index contributed by atoms with van der Waals surface area (Å²) in [5.74, 6) is 3.98. The van der Waals surface area contributed by atoms with Crippen LogP contribution in [0.2, 0.25) is 10.0 Å². The SMILES string of the molecule is CC#Cc1cc(Cl)c(C2C(=O)N3CCOCCN3C2=O)c(Cl)c1. The lowest BCUT2D eigenvalue weighted by molar-refractivity contribution is -0.145. The third-order valence-electron chi connectivity index (χ3n) is 3.83. The molecule has 0 unspecified atom stereocenters. The molecule has 0 spiro atoms. The van der Waals surface area contributed by atoms with Gasteiger partial charge in [0.25, 0.3) is 11.8 Å². The molecule has 0 N–H and O–H groups in total. The summed E-state index contributed by atoms with van der Waals surface area (Å²) < 4.78 is 5.30. The van der Waals surface area contributed by atoms with E-state index < -0.39 is 5.92 Å². The Kier molecular flexibility index (Phi) is 4.49. The number of benzene rings is 1. The lowest BCUT2D eigenvalue weighted by Crippen LogP contribution is -2.41. The van der Waals surface area contributed by atoms with Crippen LogP contribution >= 0.6 is 23.2 Å². The summed E-state index contributed by atoms with van der Waals surface area (Å²) in [6.45, 7) is 3.19. The average molecular weight is 353 g/mol. The number of hydrazine groups is 1. The Morgan fingerprint density at radius 1 is 1.09 bits per heavy atom.